The maximum atomic E-state index is 13.3. The highest BCUT2D eigenvalue weighted by Gasteiger charge is 2.41. The van der Waals surface area contributed by atoms with Gasteiger partial charge in [0.05, 0.1) is 19.6 Å². The van der Waals surface area contributed by atoms with E-state index in [9.17, 15) is 4.79 Å². The zero-order valence-corrected chi connectivity index (χ0v) is 16.0. The van der Waals surface area contributed by atoms with Gasteiger partial charge in [0.1, 0.15) is 0 Å². The summed E-state index contributed by atoms with van der Waals surface area (Å²) in [4.78, 5) is 13.3. The largest absolute Gasteiger partial charge is 0.320 e. The first kappa shape index (κ1) is 19.0. The Kier molecular flexibility index (Phi) is 6.85. The quantitative estimate of drug-likeness (QED) is 0.713. The van der Waals surface area contributed by atoms with Crippen molar-refractivity contribution in [2.75, 3.05) is 25.0 Å². The minimum atomic E-state index is 0.0919. The molecule has 1 heterocycles. The van der Waals surface area contributed by atoms with Crippen molar-refractivity contribution in [2.24, 2.45) is 0 Å². The standard InChI is InChI=1S/C21H34N2O/c1-5-11-19(23(14-6-2)15-8-7-9-16-23)21(24)22-20-17(3)12-10-13-18(20)4/h10,12-13,19H,5-9,11,14-16H2,1-4H3/p+1/t19-/m1/s1. The maximum absolute atomic E-state index is 13.3. The molecule has 24 heavy (non-hydrogen) atoms. The van der Waals surface area contributed by atoms with Gasteiger partial charge in [0.15, 0.2) is 6.04 Å². The number of amides is 1. The fourth-order valence-electron chi connectivity index (χ4n) is 4.42. The Balaban J connectivity index is 2.26. The smallest absolute Gasteiger partial charge is 0.282 e. The fraction of sp³-hybridized carbons (Fsp3) is 0.667. The van der Waals surface area contributed by atoms with Gasteiger partial charge in [-0.25, -0.2) is 0 Å². The topological polar surface area (TPSA) is 29.1 Å². The van der Waals surface area contributed by atoms with E-state index < -0.39 is 0 Å². The highest BCUT2D eigenvalue weighted by atomic mass is 16.2. The number of carbonyl (C=O) groups excluding carboxylic acids is 1. The van der Waals surface area contributed by atoms with Crippen molar-refractivity contribution in [1.29, 1.82) is 0 Å². The molecule has 0 unspecified atom stereocenters. The predicted molar refractivity (Wildman–Crippen MR) is 102 cm³/mol. The van der Waals surface area contributed by atoms with E-state index >= 15 is 0 Å². The van der Waals surface area contributed by atoms with Crippen LogP contribution in [0.25, 0.3) is 0 Å². The van der Waals surface area contributed by atoms with Crippen LogP contribution in [0.1, 0.15) is 63.5 Å². The number of nitrogens with one attached hydrogen (secondary N) is 1. The van der Waals surface area contributed by atoms with E-state index in [1.165, 1.54) is 32.4 Å². The molecule has 0 spiro atoms. The number of carbonyl (C=O) groups is 1. The lowest BCUT2D eigenvalue weighted by molar-refractivity contribution is -0.947. The van der Waals surface area contributed by atoms with E-state index in [4.69, 9.17) is 0 Å². The van der Waals surface area contributed by atoms with E-state index in [2.05, 4.69) is 51.2 Å². The van der Waals surface area contributed by atoms with Crippen LogP contribution < -0.4 is 5.32 Å². The molecule has 3 nitrogen and oxygen atoms in total. The van der Waals surface area contributed by atoms with E-state index in [1.54, 1.807) is 0 Å². The van der Waals surface area contributed by atoms with Crippen LogP contribution in [-0.4, -0.2) is 36.1 Å². The zero-order chi connectivity index (χ0) is 17.6. The van der Waals surface area contributed by atoms with Gasteiger partial charge < -0.3 is 9.80 Å². The minimum Gasteiger partial charge on any atom is -0.320 e. The number of para-hydroxylation sites is 1. The van der Waals surface area contributed by atoms with Gasteiger partial charge in [-0.3, -0.25) is 4.79 Å². The first-order valence-electron chi connectivity index (χ1n) is 9.77. The normalized spacial score (nSPS) is 18.2. The summed E-state index contributed by atoms with van der Waals surface area (Å²) in [5.74, 6) is 0.226. The number of nitrogens with zero attached hydrogens (tertiary/aromatic N) is 1. The summed E-state index contributed by atoms with van der Waals surface area (Å²) < 4.78 is 1.00. The third kappa shape index (κ3) is 4.18. The van der Waals surface area contributed by atoms with Crippen LogP contribution >= 0.6 is 0 Å². The first-order valence-corrected chi connectivity index (χ1v) is 9.77. The third-order valence-electron chi connectivity index (χ3n) is 5.63. The van der Waals surface area contributed by atoms with Crippen LogP contribution in [0.4, 0.5) is 5.69 Å². The summed E-state index contributed by atoms with van der Waals surface area (Å²) in [6.07, 6.45) is 7.04. The monoisotopic (exact) mass is 331 g/mol. The summed E-state index contributed by atoms with van der Waals surface area (Å²) in [6, 6.07) is 6.30. The predicted octanol–water partition coefficient (Wildman–Crippen LogP) is 4.82. The van der Waals surface area contributed by atoms with Crippen LogP contribution in [0.15, 0.2) is 18.2 Å². The number of likely N-dealkylation sites (tertiary alicyclic amines) is 1. The van der Waals surface area contributed by atoms with Gasteiger partial charge in [-0.15, -0.1) is 0 Å². The molecular formula is C21H35N2O+. The summed E-state index contributed by atoms with van der Waals surface area (Å²) in [7, 11) is 0. The van der Waals surface area contributed by atoms with Crippen molar-refractivity contribution < 1.29 is 9.28 Å². The number of piperidine rings is 1. The van der Waals surface area contributed by atoms with Crippen molar-refractivity contribution in [3.63, 3.8) is 0 Å². The number of hydrogen-bond acceptors (Lipinski definition) is 1. The van der Waals surface area contributed by atoms with Gasteiger partial charge in [-0.1, -0.05) is 32.0 Å². The highest BCUT2D eigenvalue weighted by molar-refractivity contribution is 5.95. The molecule has 3 heteroatoms. The van der Waals surface area contributed by atoms with E-state index in [0.29, 0.717) is 0 Å². The molecule has 1 atom stereocenters. The average molecular weight is 332 g/mol. The lowest BCUT2D eigenvalue weighted by atomic mass is 9.98. The zero-order valence-electron chi connectivity index (χ0n) is 16.0. The number of quaternary nitrogens is 1. The second-order valence-corrected chi connectivity index (χ2v) is 7.51. The third-order valence-corrected chi connectivity index (χ3v) is 5.63. The Morgan fingerprint density at radius 2 is 1.71 bits per heavy atom. The molecule has 1 aliphatic rings. The van der Waals surface area contributed by atoms with E-state index in [0.717, 1.165) is 47.1 Å². The lowest BCUT2D eigenvalue weighted by Gasteiger charge is -2.46. The molecule has 0 radical (unpaired) electrons. The highest BCUT2D eigenvalue weighted by Crippen LogP contribution is 2.28. The lowest BCUT2D eigenvalue weighted by Crippen LogP contribution is -2.62. The molecule has 1 aromatic rings. The minimum absolute atomic E-state index is 0.0919. The molecule has 134 valence electrons. The summed E-state index contributed by atoms with van der Waals surface area (Å²) in [5.41, 5.74) is 3.31. The maximum Gasteiger partial charge on any atom is 0.282 e. The van der Waals surface area contributed by atoms with Crippen LogP contribution in [0.3, 0.4) is 0 Å². The van der Waals surface area contributed by atoms with Crippen LogP contribution in [0.2, 0.25) is 0 Å². The molecule has 1 amide bonds. The van der Waals surface area contributed by atoms with Crippen LogP contribution in [0.5, 0.6) is 0 Å². The van der Waals surface area contributed by atoms with Gasteiger partial charge in [-0.05, 0) is 57.1 Å². The molecule has 0 saturated carbocycles. The van der Waals surface area contributed by atoms with Crippen molar-refractivity contribution in [1.82, 2.24) is 0 Å². The second kappa shape index (κ2) is 8.66. The Labute approximate surface area is 148 Å². The molecule has 1 fully saturated rings. The molecule has 0 bridgehead atoms. The summed E-state index contributed by atoms with van der Waals surface area (Å²) >= 11 is 0. The molecule has 1 saturated heterocycles. The van der Waals surface area contributed by atoms with Crippen molar-refractivity contribution in [2.45, 2.75) is 72.3 Å². The number of hydrogen-bond donors (Lipinski definition) is 1. The van der Waals surface area contributed by atoms with Crippen molar-refractivity contribution in [3.8, 4) is 0 Å². The second-order valence-electron chi connectivity index (χ2n) is 7.51. The SMILES string of the molecule is CCC[C@H](C(=O)Nc1c(C)cccc1C)[N+]1(CCC)CCCCC1. The van der Waals surface area contributed by atoms with Gasteiger partial charge in [0.2, 0.25) is 0 Å². The molecule has 1 aliphatic heterocycles. The number of rotatable bonds is 7. The number of anilines is 1. The van der Waals surface area contributed by atoms with Gasteiger partial charge in [0.25, 0.3) is 5.91 Å². The molecule has 0 aliphatic carbocycles. The Morgan fingerprint density at radius 3 is 2.25 bits per heavy atom. The molecular weight excluding hydrogens is 296 g/mol. The average Bonchev–Trinajstić information content (AvgIpc) is 2.57. The fourth-order valence-corrected chi connectivity index (χ4v) is 4.42. The van der Waals surface area contributed by atoms with Crippen LogP contribution in [-0.2, 0) is 4.79 Å². The molecule has 2 rings (SSSR count). The van der Waals surface area contributed by atoms with Crippen molar-refractivity contribution in [3.05, 3.63) is 29.3 Å². The van der Waals surface area contributed by atoms with Gasteiger partial charge in [-0.2, -0.15) is 0 Å². The van der Waals surface area contributed by atoms with Gasteiger partial charge in [0, 0.05) is 12.1 Å². The Bertz CT molecular complexity index is 521. The van der Waals surface area contributed by atoms with E-state index in [-0.39, 0.29) is 11.9 Å². The summed E-state index contributed by atoms with van der Waals surface area (Å²) in [5, 5.41) is 3.29. The Hall–Kier alpha value is -1.35. The van der Waals surface area contributed by atoms with Crippen LogP contribution in [0, 0.1) is 13.8 Å². The molecule has 0 aromatic heterocycles. The first-order chi connectivity index (χ1) is 11.5. The Morgan fingerprint density at radius 1 is 1.08 bits per heavy atom. The molecule has 1 aromatic carbocycles. The molecule has 1 N–H and O–H groups in total. The summed E-state index contributed by atoms with van der Waals surface area (Å²) in [6.45, 7) is 12.1. The van der Waals surface area contributed by atoms with E-state index in [1.807, 2.05) is 0 Å². The van der Waals surface area contributed by atoms with Gasteiger partial charge >= 0.3 is 0 Å². The number of aryl methyl sites for hydroxylation is 2. The number of benzene rings is 1. The van der Waals surface area contributed by atoms with Crippen molar-refractivity contribution >= 4 is 11.6 Å².